The predicted molar refractivity (Wildman–Crippen MR) is 152 cm³/mol. The molecule has 0 spiro atoms. The molecule has 1 N–H and O–H groups in total. The van der Waals surface area contributed by atoms with E-state index in [2.05, 4.69) is 65.8 Å². The van der Waals surface area contributed by atoms with Crippen LogP contribution in [0.4, 0.5) is 17.3 Å². The second-order valence-electron chi connectivity index (χ2n) is 10.5. The number of piperazine rings is 1. The highest BCUT2D eigenvalue weighted by atomic mass is 16.1. The number of nitrogens with one attached hydrogen (secondary N) is 1. The van der Waals surface area contributed by atoms with Gasteiger partial charge in [-0.3, -0.25) is 4.79 Å². The van der Waals surface area contributed by atoms with Crippen LogP contribution in [0.1, 0.15) is 37.4 Å². The van der Waals surface area contributed by atoms with Crippen LogP contribution in [0.5, 0.6) is 0 Å². The summed E-state index contributed by atoms with van der Waals surface area (Å²) in [7, 11) is 2.17. The number of fused-ring (bicyclic) bond motifs is 2. The highest BCUT2D eigenvalue weighted by Crippen LogP contribution is 2.32. The van der Waals surface area contributed by atoms with Gasteiger partial charge in [0.05, 0.1) is 6.54 Å². The number of hydrogen-bond donors (Lipinski definition) is 1. The molecule has 0 amide bonds. The molecule has 2 aliphatic rings. The van der Waals surface area contributed by atoms with Crippen molar-refractivity contribution in [3.05, 3.63) is 76.9 Å². The molecule has 0 bridgehead atoms. The fraction of sp³-hybridized carbons (Fsp3) is 0.379. The summed E-state index contributed by atoms with van der Waals surface area (Å²) in [6.45, 7) is 11.8. The first-order valence-electron chi connectivity index (χ1n) is 13.3. The third kappa shape index (κ3) is 4.26. The molecule has 196 valence electrons. The molecule has 1 fully saturated rings. The number of allylic oxidation sites excluding steroid dienone is 1. The SMILES string of the molecule is C=CCn1c(=O)c2cnc(Nc3ccc(N4CCN(C)C[C@@H]4C)cc3)nc2n1-c1ccc2c(n1)C(C)CC2. The number of pyridine rings is 1. The molecule has 0 radical (unpaired) electrons. The largest absolute Gasteiger partial charge is 0.366 e. The van der Waals surface area contributed by atoms with Crippen molar-refractivity contribution >= 4 is 28.4 Å². The molecule has 2 atom stereocenters. The summed E-state index contributed by atoms with van der Waals surface area (Å²) < 4.78 is 3.42. The average molecular weight is 511 g/mol. The maximum atomic E-state index is 13.3. The molecular formula is C29H34N8O. The van der Waals surface area contributed by atoms with Gasteiger partial charge >= 0.3 is 0 Å². The van der Waals surface area contributed by atoms with Gasteiger partial charge in [-0.1, -0.05) is 19.1 Å². The highest BCUT2D eigenvalue weighted by Gasteiger charge is 2.24. The lowest BCUT2D eigenvalue weighted by atomic mass is 10.1. The lowest BCUT2D eigenvalue weighted by Crippen LogP contribution is -2.50. The molecule has 1 saturated heterocycles. The summed E-state index contributed by atoms with van der Waals surface area (Å²) in [6.07, 6.45) is 5.44. The van der Waals surface area contributed by atoms with E-state index >= 15 is 0 Å². The molecule has 1 aromatic carbocycles. The van der Waals surface area contributed by atoms with Crippen molar-refractivity contribution in [2.75, 3.05) is 36.9 Å². The topological polar surface area (TPSA) is 84.1 Å². The zero-order chi connectivity index (χ0) is 26.4. The Kier molecular flexibility index (Phi) is 6.23. The zero-order valence-electron chi connectivity index (χ0n) is 22.3. The third-order valence-electron chi connectivity index (χ3n) is 7.79. The maximum Gasteiger partial charge on any atom is 0.278 e. The van der Waals surface area contributed by atoms with Crippen molar-refractivity contribution < 1.29 is 0 Å². The van der Waals surface area contributed by atoms with Gasteiger partial charge in [0.2, 0.25) is 5.95 Å². The molecular weight excluding hydrogens is 476 g/mol. The van der Waals surface area contributed by atoms with E-state index < -0.39 is 0 Å². The zero-order valence-corrected chi connectivity index (χ0v) is 22.3. The van der Waals surface area contributed by atoms with E-state index in [0.29, 0.717) is 41.3 Å². The predicted octanol–water partition coefficient (Wildman–Crippen LogP) is 4.10. The van der Waals surface area contributed by atoms with E-state index in [9.17, 15) is 4.79 Å². The minimum Gasteiger partial charge on any atom is -0.366 e. The minimum atomic E-state index is -0.160. The molecule has 9 nitrogen and oxygen atoms in total. The summed E-state index contributed by atoms with van der Waals surface area (Å²) >= 11 is 0. The average Bonchev–Trinajstić information content (AvgIpc) is 3.41. The Bertz CT molecular complexity index is 1550. The molecule has 1 aliphatic carbocycles. The summed E-state index contributed by atoms with van der Waals surface area (Å²) in [5.74, 6) is 1.51. The van der Waals surface area contributed by atoms with Crippen LogP contribution in [0.2, 0.25) is 0 Å². The van der Waals surface area contributed by atoms with Crippen molar-refractivity contribution in [1.29, 1.82) is 0 Å². The number of anilines is 3. The van der Waals surface area contributed by atoms with Gasteiger partial charge in [-0.15, -0.1) is 6.58 Å². The molecule has 3 aromatic heterocycles. The minimum absolute atomic E-state index is 0.160. The fourth-order valence-corrected chi connectivity index (χ4v) is 5.76. The first-order chi connectivity index (χ1) is 18.4. The number of benzene rings is 1. The lowest BCUT2D eigenvalue weighted by Gasteiger charge is -2.39. The number of nitrogens with zero attached hydrogens (tertiary/aromatic N) is 7. The molecule has 1 unspecified atom stereocenters. The van der Waals surface area contributed by atoms with Crippen LogP contribution in [-0.2, 0) is 13.0 Å². The second kappa shape index (κ2) is 9.72. The van der Waals surface area contributed by atoms with Crippen LogP contribution in [-0.4, -0.2) is 61.9 Å². The number of aromatic nitrogens is 5. The van der Waals surface area contributed by atoms with E-state index in [1.165, 1.54) is 11.3 Å². The van der Waals surface area contributed by atoms with Gasteiger partial charge < -0.3 is 15.1 Å². The van der Waals surface area contributed by atoms with Crippen molar-refractivity contribution in [2.45, 2.75) is 45.2 Å². The molecule has 4 heterocycles. The number of hydrogen-bond acceptors (Lipinski definition) is 7. The van der Waals surface area contributed by atoms with Crippen LogP contribution < -0.4 is 15.8 Å². The normalized spacial score (nSPS) is 19.6. The Balaban J connectivity index is 1.34. The first-order valence-corrected chi connectivity index (χ1v) is 13.3. The van der Waals surface area contributed by atoms with Crippen molar-refractivity contribution in [3.63, 3.8) is 0 Å². The van der Waals surface area contributed by atoms with Crippen LogP contribution in [0.15, 0.2) is 60.0 Å². The Morgan fingerprint density at radius 3 is 2.68 bits per heavy atom. The van der Waals surface area contributed by atoms with Gasteiger partial charge in [0.15, 0.2) is 11.5 Å². The van der Waals surface area contributed by atoms with Crippen molar-refractivity contribution in [3.8, 4) is 5.82 Å². The molecule has 6 rings (SSSR count). The van der Waals surface area contributed by atoms with E-state index in [-0.39, 0.29) is 5.56 Å². The fourth-order valence-electron chi connectivity index (χ4n) is 5.76. The number of aryl methyl sites for hydroxylation is 1. The lowest BCUT2D eigenvalue weighted by molar-refractivity contribution is 0.275. The van der Waals surface area contributed by atoms with Gasteiger partial charge in [-0.05, 0) is 68.6 Å². The van der Waals surface area contributed by atoms with Crippen LogP contribution in [0, 0.1) is 0 Å². The molecule has 4 aromatic rings. The summed E-state index contributed by atoms with van der Waals surface area (Å²) in [6, 6.07) is 12.9. The Morgan fingerprint density at radius 1 is 1.11 bits per heavy atom. The van der Waals surface area contributed by atoms with Gasteiger partial charge in [0, 0.05) is 48.9 Å². The van der Waals surface area contributed by atoms with Crippen LogP contribution in [0.25, 0.3) is 16.9 Å². The highest BCUT2D eigenvalue weighted by molar-refractivity contribution is 5.77. The van der Waals surface area contributed by atoms with E-state index in [0.717, 1.165) is 43.9 Å². The van der Waals surface area contributed by atoms with Crippen LogP contribution >= 0.6 is 0 Å². The van der Waals surface area contributed by atoms with E-state index in [1.54, 1.807) is 21.6 Å². The summed E-state index contributed by atoms with van der Waals surface area (Å²) in [5.41, 5.74) is 4.84. The standard InChI is InChI=1S/C29H34N8O/c1-5-14-36-28(38)24-17-30-29(31-22-9-11-23(12-10-22)35-16-15-34(4)18-20(35)3)33-27(24)37(36)25-13-8-21-7-6-19(2)26(21)32-25/h5,8-13,17,19-20H,1,6-7,14-16,18H2,2-4H3,(H,30,31,33)/t19?,20-/m0/s1. The number of rotatable bonds is 6. The smallest absolute Gasteiger partial charge is 0.278 e. The monoisotopic (exact) mass is 510 g/mol. The first kappa shape index (κ1) is 24.4. The van der Waals surface area contributed by atoms with Crippen molar-refractivity contribution in [1.82, 2.24) is 29.2 Å². The molecule has 38 heavy (non-hydrogen) atoms. The van der Waals surface area contributed by atoms with Crippen LogP contribution in [0.3, 0.4) is 0 Å². The van der Waals surface area contributed by atoms with E-state index in [1.807, 2.05) is 18.2 Å². The number of likely N-dealkylation sites (N-methyl/N-ethyl adjacent to an activating group) is 1. The summed E-state index contributed by atoms with van der Waals surface area (Å²) in [5, 5.41) is 3.77. The molecule has 0 saturated carbocycles. The third-order valence-corrected chi connectivity index (χ3v) is 7.79. The van der Waals surface area contributed by atoms with Crippen molar-refractivity contribution in [2.24, 2.45) is 0 Å². The van der Waals surface area contributed by atoms with Gasteiger partial charge in [-0.2, -0.15) is 4.98 Å². The Morgan fingerprint density at radius 2 is 1.92 bits per heavy atom. The van der Waals surface area contributed by atoms with Gasteiger partial charge in [0.25, 0.3) is 5.56 Å². The Hall–Kier alpha value is -3.98. The molecule has 1 aliphatic heterocycles. The Labute approximate surface area is 222 Å². The van der Waals surface area contributed by atoms with Gasteiger partial charge in [0.1, 0.15) is 5.39 Å². The van der Waals surface area contributed by atoms with Gasteiger partial charge in [-0.25, -0.2) is 19.3 Å². The summed E-state index contributed by atoms with van der Waals surface area (Å²) in [4.78, 5) is 32.3. The second-order valence-corrected chi connectivity index (χ2v) is 10.5. The quantitative estimate of drug-likeness (QED) is 0.391. The maximum absolute atomic E-state index is 13.3. The van der Waals surface area contributed by atoms with E-state index in [4.69, 9.17) is 9.97 Å². The molecule has 9 heteroatoms.